The normalized spacial score (nSPS) is 16.2. The van der Waals surface area contributed by atoms with Crippen molar-refractivity contribution >= 4 is 17.9 Å². The average Bonchev–Trinajstić information content (AvgIpc) is 2.77. The third-order valence-corrected chi connectivity index (χ3v) is 5.96. The summed E-state index contributed by atoms with van der Waals surface area (Å²) >= 11 is 0. The summed E-state index contributed by atoms with van der Waals surface area (Å²) in [5.74, 6) is -1.20. The van der Waals surface area contributed by atoms with E-state index in [2.05, 4.69) is 17.2 Å². The Morgan fingerprint density at radius 2 is 1.80 bits per heavy atom. The molecule has 0 bridgehead atoms. The Morgan fingerprint density at radius 3 is 2.34 bits per heavy atom. The zero-order valence-electron chi connectivity index (χ0n) is 21.7. The van der Waals surface area contributed by atoms with Gasteiger partial charge in [-0.05, 0) is 45.6 Å². The summed E-state index contributed by atoms with van der Waals surface area (Å²) < 4.78 is 5.36. The highest BCUT2D eigenvalue weighted by atomic mass is 16.6. The standard InChI is InChI=1S/C27H41N3O5/c1-7-17-30(25(33)22(18(2)3)29-26(34)35-27(4,5)6)23(20-15-11-12-16-21(20)31)24(32)28-19-13-9-8-10-14-19/h7,11-12,15-16,18-19,22-23,31H,1,8-10,13-14,17H2,2-6H3,(H,28,32)(H,29,34). The molecule has 194 valence electrons. The molecule has 2 atom stereocenters. The number of alkyl carbamates (subject to hydrolysis) is 1. The van der Waals surface area contributed by atoms with Crippen LogP contribution >= 0.6 is 0 Å². The van der Waals surface area contributed by atoms with E-state index in [1.165, 1.54) is 17.0 Å². The summed E-state index contributed by atoms with van der Waals surface area (Å²) in [7, 11) is 0. The predicted octanol–water partition coefficient (Wildman–Crippen LogP) is 4.45. The van der Waals surface area contributed by atoms with E-state index in [0.29, 0.717) is 5.56 Å². The van der Waals surface area contributed by atoms with Gasteiger partial charge >= 0.3 is 6.09 Å². The molecule has 3 amide bonds. The first-order chi connectivity index (χ1) is 16.4. The number of ether oxygens (including phenoxy) is 1. The van der Waals surface area contributed by atoms with Gasteiger partial charge in [0.15, 0.2) is 0 Å². The maximum atomic E-state index is 13.8. The molecule has 1 fully saturated rings. The number of rotatable bonds is 9. The number of benzene rings is 1. The van der Waals surface area contributed by atoms with E-state index in [1.807, 2.05) is 13.8 Å². The van der Waals surface area contributed by atoms with E-state index in [-0.39, 0.29) is 30.2 Å². The maximum absolute atomic E-state index is 13.8. The molecular formula is C27H41N3O5. The molecule has 1 aliphatic carbocycles. The van der Waals surface area contributed by atoms with Gasteiger partial charge in [-0.1, -0.05) is 57.4 Å². The molecule has 0 heterocycles. The maximum Gasteiger partial charge on any atom is 0.408 e. The monoisotopic (exact) mass is 487 g/mol. The number of hydrogen-bond donors (Lipinski definition) is 3. The Morgan fingerprint density at radius 1 is 1.17 bits per heavy atom. The van der Waals surface area contributed by atoms with Crippen LogP contribution in [0.4, 0.5) is 4.79 Å². The van der Waals surface area contributed by atoms with Gasteiger partial charge in [-0.25, -0.2) is 4.79 Å². The first-order valence-corrected chi connectivity index (χ1v) is 12.4. The smallest absolute Gasteiger partial charge is 0.408 e. The molecule has 8 heteroatoms. The van der Waals surface area contributed by atoms with Crippen LogP contribution in [0.2, 0.25) is 0 Å². The van der Waals surface area contributed by atoms with Gasteiger partial charge in [0.1, 0.15) is 23.4 Å². The second kappa shape index (κ2) is 12.6. The van der Waals surface area contributed by atoms with Crippen molar-refractivity contribution in [3.63, 3.8) is 0 Å². The van der Waals surface area contributed by atoms with Crippen molar-refractivity contribution in [3.05, 3.63) is 42.5 Å². The lowest BCUT2D eigenvalue weighted by Gasteiger charge is -2.36. The number of phenolic OH excluding ortho intramolecular Hbond substituents is 1. The fraction of sp³-hybridized carbons (Fsp3) is 0.593. The van der Waals surface area contributed by atoms with Crippen molar-refractivity contribution < 1.29 is 24.2 Å². The predicted molar refractivity (Wildman–Crippen MR) is 136 cm³/mol. The number of phenols is 1. The van der Waals surface area contributed by atoms with Gasteiger partial charge in [-0.3, -0.25) is 9.59 Å². The van der Waals surface area contributed by atoms with E-state index in [0.717, 1.165) is 32.1 Å². The van der Waals surface area contributed by atoms with Gasteiger partial charge in [0, 0.05) is 18.2 Å². The highest BCUT2D eigenvalue weighted by Crippen LogP contribution is 2.31. The molecule has 1 aromatic rings. The van der Waals surface area contributed by atoms with Crippen LogP contribution < -0.4 is 10.6 Å². The number of nitrogens with zero attached hydrogens (tertiary/aromatic N) is 1. The molecule has 2 unspecified atom stereocenters. The number of amides is 3. The highest BCUT2D eigenvalue weighted by Gasteiger charge is 2.38. The molecule has 1 aliphatic rings. The summed E-state index contributed by atoms with van der Waals surface area (Å²) in [4.78, 5) is 41.3. The van der Waals surface area contributed by atoms with E-state index < -0.39 is 29.7 Å². The Labute approximate surface area is 209 Å². The van der Waals surface area contributed by atoms with Crippen molar-refractivity contribution in [2.75, 3.05) is 6.54 Å². The van der Waals surface area contributed by atoms with Crippen LogP contribution in [0.3, 0.4) is 0 Å². The largest absolute Gasteiger partial charge is 0.508 e. The number of hydrogen-bond acceptors (Lipinski definition) is 5. The average molecular weight is 488 g/mol. The molecule has 1 saturated carbocycles. The molecule has 0 aromatic heterocycles. The van der Waals surface area contributed by atoms with Crippen LogP contribution in [-0.4, -0.2) is 52.1 Å². The number of aromatic hydroxyl groups is 1. The fourth-order valence-corrected chi connectivity index (χ4v) is 4.28. The Hall–Kier alpha value is -3.03. The molecule has 3 N–H and O–H groups in total. The Balaban J connectivity index is 2.42. The van der Waals surface area contributed by atoms with Crippen LogP contribution in [0, 0.1) is 5.92 Å². The summed E-state index contributed by atoms with van der Waals surface area (Å²) in [6, 6.07) is 4.49. The van der Waals surface area contributed by atoms with Crippen molar-refractivity contribution in [1.29, 1.82) is 0 Å². The quantitative estimate of drug-likeness (QED) is 0.446. The summed E-state index contributed by atoms with van der Waals surface area (Å²) in [6.07, 6.45) is 5.79. The molecule has 0 aliphatic heterocycles. The first kappa shape index (κ1) is 28.2. The zero-order chi connectivity index (χ0) is 26.2. The lowest BCUT2D eigenvalue weighted by atomic mass is 9.94. The molecule has 0 radical (unpaired) electrons. The van der Waals surface area contributed by atoms with Crippen LogP contribution in [0.1, 0.15) is 78.3 Å². The molecule has 8 nitrogen and oxygen atoms in total. The molecule has 35 heavy (non-hydrogen) atoms. The van der Waals surface area contributed by atoms with E-state index in [9.17, 15) is 19.5 Å². The highest BCUT2D eigenvalue weighted by molar-refractivity contribution is 5.92. The minimum absolute atomic E-state index is 0.0195. The third-order valence-electron chi connectivity index (χ3n) is 5.96. The molecular weight excluding hydrogens is 446 g/mol. The summed E-state index contributed by atoms with van der Waals surface area (Å²) in [5, 5.41) is 16.4. The van der Waals surface area contributed by atoms with E-state index in [1.54, 1.807) is 39.0 Å². The van der Waals surface area contributed by atoms with Gasteiger partial charge in [0.25, 0.3) is 0 Å². The van der Waals surface area contributed by atoms with Gasteiger partial charge in [-0.2, -0.15) is 0 Å². The van der Waals surface area contributed by atoms with Crippen molar-refractivity contribution in [2.24, 2.45) is 5.92 Å². The third kappa shape index (κ3) is 8.30. The Bertz CT molecular complexity index is 887. The first-order valence-electron chi connectivity index (χ1n) is 12.4. The summed E-state index contributed by atoms with van der Waals surface area (Å²) in [5.41, 5.74) is -0.413. The SMILES string of the molecule is C=CCN(C(=O)C(NC(=O)OC(C)(C)C)C(C)C)C(C(=O)NC1CCCCC1)c1ccccc1O. The minimum Gasteiger partial charge on any atom is -0.508 e. The fourth-order valence-electron chi connectivity index (χ4n) is 4.28. The number of carbonyl (C=O) groups is 3. The minimum atomic E-state index is -1.09. The molecule has 2 rings (SSSR count). The van der Waals surface area contributed by atoms with Crippen LogP contribution in [0.25, 0.3) is 0 Å². The lowest BCUT2D eigenvalue weighted by Crippen LogP contribution is -2.55. The van der Waals surface area contributed by atoms with Crippen molar-refractivity contribution in [3.8, 4) is 5.75 Å². The molecule has 0 saturated heterocycles. The van der Waals surface area contributed by atoms with Crippen LogP contribution in [-0.2, 0) is 14.3 Å². The van der Waals surface area contributed by atoms with Gasteiger partial charge in [0.2, 0.25) is 11.8 Å². The van der Waals surface area contributed by atoms with Gasteiger partial charge in [0.05, 0.1) is 0 Å². The zero-order valence-corrected chi connectivity index (χ0v) is 21.7. The molecule has 1 aromatic carbocycles. The van der Waals surface area contributed by atoms with Gasteiger partial charge < -0.3 is 25.4 Å². The van der Waals surface area contributed by atoms with Crippen molar-refractivity contribution in [2.45, 2.75) is 90.4 Å². The van der Waals surface area contributed by atoms with Gasteiger partial charge in [-0.15, -0.1) is 6.58 Å². The topological polar surface area (TPSA) is 108 Å². The number of nitrogens with one attached hydrogen (secondary N) is 2. The summed E-state index contributed by atoms with van der Waals surface area (Å²) in [6.45, 7) is 12.7. The van der Waals surface area contributed by atoms with Crippen LogP contribution in [0.15, 0.2) is 36.9 Å². The molecule has 0 spiro atoms. The number of para-hydroxylation sites is 1. The second-order valence-electron chi connectivity index (χ2n) is 10.5. The number of carbonyl (C=O) groups excluding carboxylic acids is 3. The lowest BCUT2D eigenvalue weighted by molar-refractivity contribution is -0.143. The van der Waals surface area contributed by atoms with E-state index >= 15 is 0 Å². The second-order valence-corrected chi connectivity index (χ2v) is 10.5. The van der Waals surface area contributed by atoms with Crippen molar-refractivity contribution in [1.82, 2.24) is 15.5 Å². The van der Waals surface area contributed by atoms with Crippen LogP contribution in [0.5, 0.6) is 5.75 Å². The van der Waals surface area contributed by atoms with E-state index in [4.69, 9.17) is 4.74 Å². The Kier molecular flexibility index (Phi) is 10.2.